The Labute approximate surface area is 130 Å². The first-order chi connectivity index (χ1) is 9.63. The lowest BCUT2D eigenvalue weighted by Crippen LogP contribution is -2.25. The van der Waals surface area contributed by atoms with E-state index >= 15 is 0 Å². The Hall–Kier alpha value is -0.630. The van der Waals surface area contributed by atoms with E-state index in [2.05, 4.69) is 10.2 Å². The Morgan fingerprint density at radius 3 is 2.70 bits per heavy atom. The quantitative estimate of drug-likeness (QED) is 0.813. The highest BCUT2D eigenvalue weighted by molar-refractivity contribution is 8.03. The van der Waals surface area contributed by atoms with Crippen LogP contribution in [-0.4, -0.2) is 22.5 Å². The van der Waals surface area contributed by atoms with Gasteiger partial charge in [-0.05, 0) is 30.4 Å². The molecular weight excluding hydrogens is 313 g/mol. The molecule has 0 fully saturated rings. The van der Waals surface area contributed by atoms with Gasteiger partial charge in [-0.3, -0.25) is 0 Å². The van der Waals surface area contributed by atoms with Gasteiger partial charge in [-0.2, -0.15) is 0 Å². The monoisotopic (exact) mass is 329 g/mol. The molecule has 20 heavy (non-hydrogen) atoms. The second-order valence-corrected chi connectivity index (χ2v) is 7.62. The van der Waals surface area contributed by atoms with Crippen LogP contribution in [0.25, 0.3) is 0 Å². The van der Waals surface area contributed by atoms with Crippen molar-refractivity contribution in [1.29, 1.82) is 0 Å². The molecule has 2 aromatic rings. The highest BCUT2D eigenvalue weighted by atomic mass is 32.2. The fourth-order valence-electron chi connectivity index (χ4n) is 1.74. The molecule has 2 unspecified atom stereocenters. The van der Waals surface area contributed by atoms with Crippen molar-refractivity contribution in [2.24, 2.45) is 5.73 Å². The summed E-state index contributed by atoms with van der Waals surface area (Å²) in [5.41, 5.74) is 7.09. The van der Waals surface area contributed by atoms with Crippen molar-refractivity contribution in [3.05, 3.63) is 35.6 Å². The largest absolute Gasteiger partial charge is 0.326 e. The Balaban J connectivity index is 2.23. The Bertz CT molecular complexity index is 561. The van der Waals surface area contributed by atoms with Crippen molar-refractivity contribution in [2.45, 2.75) is 33.3 Å². The number of hydrogen-bond acceptors (Lipinski definition) is 6. The van der Waals surface area contributed by atoms with Gasteiger partial charge in [0.05, 0.1) is 5.25 Å². The van der Waals surface area contributed by atoms with Gasteiger partial charge < -0.3 is 5.73 Å². The van der Waals surface area contributed by atoms with E-state index < -0.39 is 0 Å². The van der Waals surface area contributed by atoms with Crippen LogP contribution in [0.5, 0.6) is 0 Å². The van der Waals surface area contributed by atoms with Crippen molar-refractivity contribution in [2.75, 3.05) is 6.26 Å². The van der Waals surface area contributed by atoms with E-state index in [4.69, 9.17) is 5.73 Å². The maximum Gasteiger partial charge on any atom is 0.175 e. The van der Waals surface area contributed by atoms with Gasteiger partial charge in [0, 0.05) is 6.04 Å². The van der Waals surface area contributed by atoms with Crippen molar-refractivity contribution in [3.8, 4) is 0 Å². The van der Waals surface area contributed by atoms with Crippen molar-refractivity contribution >= 4 is 34.9 Å². The molecule has 0 saturated carbocycles. The fourth-order valence-corrected chi connectivity index (χ4v) is 4.60. The summed E-state index contributed by atoms with van der Waals surface area (Å²) in [6.07, 6.45) is 2.79. The number of benzene rings is 1. The highest BCUT2D eigenvalue weighted by Crippen LogP contribution is 2.40. The summed E-state index contributed by atoms with van der Waals surface area (Å²) < 4.78 is 15.2. The summed E-state index contributed by atoms with van der Waals surface area (Å²) in [4.78, 5) is 0. The van der Waals surface area contributed by atoms with Crippen LogP contribution in [-0.2, 0) is 0 Å². The molecule has 3 nitrogen and oxygen atoms in total. The van der Waals surface area contributed by atoms with E-state index in [9.17, 15) is 4.39 Å². The van der Waals surface area contributed by atoms with Gasteiger partial charge in [-0.25, -0.2) is 4.39 Å². The van der Waals surface area contributed by atoms with Crippen LogP contribution in [0.4, 0.5) is 4.39 Å². The SMILES string of the molecule is CCC(N)C(Sc1nnc(SC)s1)c1cccc(F)c1. The van der Waals surface area contributed by atoms with Gasteiger partial charge in [-0.1, -0.05) is 53.9 Å². The van der Waals surface area contributed by atoms with E-state index in [-0.39, 0.29) is 17.1 Å². The van der Waals surface area contributed by atoms with E-state index in [0.29, 0.717) is 0 Å². The van der Waals surface area contributed by atoms with Gasteiger partial charge in [0.2, 0.25) is 0 Å². The predicted octanol–water partition coefficient (Wildman–Crippen LogP) is 3.97. The fraction of sp³-hybridized carbons (Fsp3) is 0.385. The number of aromatic nitrogens is 2. The third-order valence-corrected chi connectivity index (χ3v) is 6.22. The first-order valence-electron chi connectivity index (χ1n) is 6.19. The molecule has 1 aromatic heterocycles. The van der Waals surface area contributed by atoms with Gasteiger partial charge in [0.1, 0.15) is 5.82 Å². The highest BCUT2D eigenvalue weighted by Gasteiger charge is 2.22. The molecule has 2 rings (SSSR count). The summed E-state index contributed by atoms with van der Waals surface area (Å²) in [7, 11) is 0. The van der Waals surface area contributed by atoms with E-state index in [1.54, 1.807) is 47.0 Å². The van der Waals surface area contributed by atoms with Crippen LogP contribution in [0.1, 0.15) is 24.2 Å². The van der Waals surface area contributed by atoms with Crippen molar-refractivity contribution in [1.82, 2.24) is 10.2 Å². The molecule has 7 heteroatoms. The Kier molecular flexibility index (Phi) is 5.83. The standard InChI is InChI=1S/C13H16FN3S3/c1-3-10(15)11(8-5-4-6-9(14)7-8)19-13-17-16-12(18-2)20-13/h4-7,10-11H,3,15H2,1-2H3. The molecule has 0 amide bonds. The Morgan fingerprint density at radius 2 is 2.10 bits per heavy atom. The second kappa shape index (κ2) is 7.40. The van der Waals surface area contributed by atoms with E-state index in [1.807, 2.05) is 19.2 Å². The molecule has 0 saturated heterocycles. The third-order valence-electron chi connectivity index (χ3n) is 2.83. The van der Waals surface area contributed by atoms with Crippen molar-refractivity contribution < 1.29 is 4.39 Å². The molecule has 0 aliphatic rings. The lowest BCUT2D eigenvalue weighted by Gasteiger charge is -2.21. The molecule has 108 valence electrons. The predicted molar refractivity (Wildman–Crippen MR) is 85.0 cm³/mol. The number of halogens is 1. The normalized spacial score (nSPS) is 14.2. The second-order valence-electron chi connectivity index (χ2n) is 4.20. The van der Waals surface area contributed by atoms with E-state index in [0.717, 1.165) is 20.7 Å². The molecule has 0 aliphatic heterocycles. The lowest BCUT2D eigenvalue weighted by atomic mass is 10.0. The molecule has 0 aliphatic carbocycles. The summed E-state index contributed by atoms with van der Waals surface area (Å²) in [5.74, 6) is -0.238. The summed E-state index contributed by atoms with van der Waals surface area (Å²) in [6, 6.07) is 6.56. The first-order valence-corrected chi connectivity index (χ1v) is 9.11. The van der Waals surface area contributed by atoms with Gasteiger partial charge in [0.25, 0.3) is 0 Å². The average Bonchev–Trinajstić information content (AvgIpc) is 2.91. The number of rotatable bonds is 6. The molecule has 2 atom stereocenters. The van der Waals surface area contributed by atoms with E-state index in [1.165, 1.54) is 6.07 Å². The summed E-state index contributed by atoms with van der Waals surface area (Å²) >= 11 is 4.67. The molecular formula is C13H16FN3S3. The van der Waals surface area contributed by atoms with Crippen LogP contribution in [0, 0.1) is 5.82 Å². The minimum atomic E-state index is -0.238. The van der Waals surface area contributed by atoms with Gasteiger partial charge in [-0.15, -0.1) is 10.2 Å². The molecule has 0 spiro atoms. The number of nitrogens with zero attached hydrogens (tertiary/aromatic N) is 2. The number of nitrogens with two attached hydrogens (primary N) is 1. The average molecular weight is 329 g/mol. The summed E-state index contributed by atoms with van der Waals surface area (Å²) in [5, 5.41) is 8.22. The van der Waals surface area contributed by atoms with Crippen LogP contribution < -0.4 is 5.73 Å². The van der Waals surface area contributed by atoms with Crippen LogP contribution in [0.3, 0.4) is 0 Å². The maximum absolute atomic E-state index is 13.4. The molecule has 2 N–H and O–H groups in total. The minimum absolute atomic E-state index is 0.0154. The summed E-state index contributed by atoms with van der Waals surface area (Å²) in [6.45, 7) is 2.03. The zero-order chi connectivity index (χ0) is 14.5. The zero-order valence-corrected chi connectivity index (χ0v) is 13.7. The van der Waals surface area contributed by atoms with Gasteiger partial charge >= 0.3 is 0 Å². The zero-order valence-electron chi connectivity index (χ0n) is 11.2. The first kappa shape index (κ1) is 15.8. The topological polar surface area (TPSA) is 51.8 Å². The third kappa shape index (κ3) is 3.94. The lowest BCUT2D eigenvalue weighted by molar-refractivity contribution is 0.609. The number of thioether (sulfide) groups is 2. The molecule has 0 bridgehead atoms. The smallest absolute Gasteiger partial charge is 0.175 e. The van der Waals surface area contributed by atoms with Crippen molar-refractivity contribution in [3.63, 3.8) is 0 Å². The van der Waals surface area contributed by atoms with Gasteiger partial charge in [0.15, 0.2) is 8.68 Å². The molecule has 1 aromatic carbocycles. The van der Waals surface area contributed by atoms with Crippen LogP contribution >= 0.6 is 34.9 Å². The minimum Gasteiger partial charge on any atom is -0.326 e. The van der Waals surface area contributed by atoms with Crippen LogP contribution in [0.15, 0.2) is 32.9 Å². The maximum atomic E-state index is 13.4. The number of hydrogen-bond donors (Lipinski definition) is 1. The Morgan fingerprint density at radius 1 is 1.35 bits per heavy atom. The van der Waals surface area contributed by atoms with Crippen LogP contribution in [0.2, 0.25) is 0 Å². The molecule has 1 heterocycles. The molecule has 0 radical (unpaired) electrons.